The van der Waals surface area contributed by atoms with Gasteiger partial charge in [0.1, 0.15) is 0 Å². The summed E-state index contributed by atoms with van der Waals surface area (Å²) in [6.45, 7) is 0.503. The highest BCUT2D eigenvalue weighted by Crippen LogP contribution is 2.09. The molecular weight excluding hydrogens is 302 g/mol. The minimum Gasteiger partial charge on any atom is -0.338 e. The number of aryl methyl sites for hydroxylation is 1. The number of aromatic nitrogens is 4. The minimum absolute atomic E-state index is 0.0636. The first-order chi connectivity index (χ1) is 11.6. The molecule has 0 saturated carbocycles. The van der Waals surface area contributed by atoms with E-state index < -0.39 is 0 Å². The lowest BCUT2D eigenvalue weighted by molar-refractivity contribution is -0.125. The largest absolute Gasteiger partial charge is 0.338 e. The molecule has 6 heteroatoms. The molecule has 24 heavy (non-hydrogen) atoms. The molecule has 2 heterocycles. The molecular formula is C18H19N5O. The van der Waals surface area contributed by atoms with Crippen LogP contribution in [0.3, 0.4) is 0 Å². The molecule has 1 aromatic carbocycles. The smallest absolute Gasteiger partial charge is 0.246 e. The second-order valence-electron chi connectivity index (χ2n) is 5.60. The lowest BCUT2D eigenvalue weighted by Gasteiger charge is -2.13. The van der Waals surface area contributed by atoms with E-state index in [4.69, 9.17) is 0 Å². The van der Waals surface area contributed by atoms with E-state index in [1.165, 1.54) is 0 Å². The summed E-state index contributed by atoms with van der Waals surface area (Å²) in [6, 6.07) is 9.88. The molecule has 0 spiro atoms. The van der Waals surface area contributed by atoms with Gasteiger partial charge in [0, 0.05) is 50.2 Å². The summed E-state index contributed by atoms with van der Waals surface area (Å²) in [6.07, 6.45) is 10.6. The van der Waals surface area contributed by atoms with E-state index in [0.717, 1.165) is 16.8 Å². The van der Waals surface area contributed by atoms with Gasteiger partial charge in [-0.25, -0.2) is 4.68 Å². The van der Waals surface area contributed by atoms with Crippen molar-refractivity contribution in [1.29, 1.82) is 0 Å². The van der Waals surface area contributed by atoms with Crippen LogP contribution in [0.4, 0.5) is 0 Å². The minimum atomic E-state index is -0.0636. The summed E-state index contributed by atoms with van der Waals surface area (Å²) in [4.78, 5) is 13.8. The zero-order chi connectivity index (χ0) is 16.9. The van der Waals surface area contributed by atoms with E-state index >= 15 is 0 Å². The number of rotatable bonds is 5. The van der Waals surface area contributed by atoms with Crippen LogP contribution in [0.25, 0.3) is 11.8 Å². The zero-order valence-electron chi connectivity index (χ0n) is 13.7. The Morgan fingerprint density at radius 1 is 1.17 bits per heavy atom. The highest BCUT2D eigenvalue weighted by Gasteiger charge is 2.08. The van der Waals surface area contributed by atoms with Crippen LogP contribution in [-0.2, 0) is 18.4 Å². The summed E-state index contributed by atoms with van der Waals surface area (Å²) < 4.78 is 3.50. The number of benzene rings is 1. The molecule has 0 unspecified atom stereocenters. The first-order valence-corrected chi connectivity index (χ1v) is 7.62. The Morgan fingerprint density at radius 2 is 1.96 bits per heavy atom. The SMILES string of the molecule is CN(Cc1cnn(-c2ccccc2)c1)C(=O)/C=C/c1cnn(C)c1. The number of carbonyl (C=O) groups is 1. The molecule has 0 aliphatic heterocycles. The quantitative estimate of drug-likeness (QED) is 0.678. The van der Waals surface area contributed by atoms with E-state index in [1.807, 2.05) is 49.8 Å². The number of carbonyl (C=O) groups excluding carboxylic acids is 1. The Labute approximate surface area is 140 Å². The Hall–Kier alpha value is -3.15. The van der Waals surface area contributed by atoms with Crippen molar-refractivity contribution in [2.24, 2.45) is 7.05 Å². The molecule has 3 rings (SSSR count). The molecule has 3 aromatic rings. The molecule has 1 amide bonds. The summed E-state index contributed by atoms with van der Waals surface area (Å²) in [5.74, 6) is -0.0636. The van der Waals surface area contributed by atoms with Crippen LogP contribution in [0.2, 0.25) is 0 Å². The van der Waals surface area contributed by atoms with E-state index in [0.29, 0.717) is 6.54 Å². The molecule has 0 aliphatic rings. The number of likely N-dealkylation sites (N-methyl/N-ethyl adjacent to an activating group) is 1. The third-order valence-electron chi connectivity index (χ3n) is 3.60. The molecule has 0 aliphatic carbocycles. The summed E-state index contributed by atoms with van der Waals surface area (Å²) in [5.41, 5.74) is 2.87. The third kappa shape index (κ3) is 3.78. The average molecular weight is 321 g/mol. The fourth-order valence-electron chi connectivity index (χ4n) is 2.34. The average Bonchev–Trinajstić information content (AvgIpc) is 3.22. The summed E-state index contributed by atoms with van der Waals surface area (Å²) >= 11 is 0. The van der Waals surface area contributed by atoms with E-state index in [1.54, 1.807) is 45.9 Å². The fraction of sp³-hybridized carbons (Fsp3) is 0.167. The summed E-state index contributed by atoms with van der Waals surface area (Å²) in [7, 11) is 3.62. The molecule has 0 fully saturated rings. The van der Waals surface area contributed by atoms with Gasteiger partial charge < -0.3 is 4.90 Å². The molecule has 6 nitrogen and oxygen atoms in total. The number of hydrogen-bond donors (Lipinski definition) is 0. The van der Waals surface area contributed by atoms with Gasteiger partial charge in [-0.3, -0.25) is 9.48 Å². The lowest BCUT2D eigenvalue weighted by atomic mass is 10.3. The van der Waals surface area contributed by atoms with Crippen molar-refractivity contribution in [3.05, 3.63) is 72.3 Å². The molecule has 0 atom stereocenters. The molecule has 0 saturated heterocycles. The van der Waals surface area contributed by atoms with Crippen LogP contribution < -0.4 is 0 Å². The van der Waals surface area contributed by atoms with E-state index in [-0.39, 0.29) is 5.91 Å². The standard InChI is InChI=1S/C18H19N5O/c1-21(18(24)9-8-15-10-19-22(2)13-15)12-16-11-20-23(14-16)17-6-4-3-5-7-17/h3-11,13-14H,12H2,1-2H3/b9-8+. The van der Waals surface area contributed by atoms with Crippen molar-refractivity contribution in [3.8, 4) is 5.69 Å². The number of para-hydroxylation sites is 1. The lowest BCUT2D eigenvalue weighted by Crippen LogP contribution is -2.23. The van der Waals surface area contributed by atoms with Gasteiger partial charge in [-0.15, -0.1) is 0 Å². The van der Waals surface area contributed by atoms with Crippen LogP contribution in [0.15, 0.2) is 61.2 Å². The maximum atomic E-state index is 12.2. The Bertz CT molecular complexity index is 847. The van der Waals surface area contributed by atoms with Gasteiger partial charge in [-0.05, 0) is 18.2 Å². The van der Waals surface area contributed by atoms with Gasteiger partial charge in [-0.2, -0.15) is 10.2 Å². The Kier molecular flexibility index (Phi) is 4.56. The number of hydrogen-bond acceptors (Lipinski definition) is 3. The van der Waals surface area contributed by atoms with Crippen LogP contribution >= 0.6 is 0 Å². The van der Waals surface area contributed by atoms with Crippen molar-refractivity contribution < 1.29 is 4.79 Å². The molecule has 0 radical (unpaired) electrons. The van der Waals surface area contributed by atoms with Crippen molar-refractivity contribution in [3.63, 3.8) is 0 Å². The molecule has 0 bridgehead atoms. The van der Waals surface area contributed by atoms with Crippen LogP contribution in [-0.4, -0.2) is 37.4 Å². The van der Waals surface area contributed by atoms with Crippen molar-refractivity contribution in [1.82, 2.24) is 24.5 Å². The first kappa shape index (κ1) is 15.7. The van der Waals surface area contributed by atoms with Gasteiger partial charge in [-0.1, -0.05) is 18.2 Å². The maximum absolute atomic E-state index is 12.2. The fourth-order valence-corrected chi connectivity index (χ4v) is 2.34. The van der Waals surface area contributed by atoms with Gasteiger partial charge in [0.05, 0.1) is 18.1 Å². The Balaban J connectivity index is 1.62. The van der Waals surface area contributed by atoms with Gasteiger partial charge in [0.2, 0.25) is 5.91 Å². The maximum Gasteiger partial charge on any atom is 0.246 e. The van der Waals surface area contributed by atoms with Crippen LogP contribution in [0, 0.1) is 0 Å². The van der Waals surface area contributed by atoms with Crippen molar-refractivity contribution in [2.75, 3.05) is 7.05 Å². The second-order valence-corrected chi connectivity index (χ2v) is 5.60. The van der Waals surface area contributed by atoms with Crippen molar-refractivity contribution >= 4 is 12.0 Å². The van der Waals surface area contributed by atoms with E-state index in [9.17, 15) is 4.79 Å². The topological polar surface area (TPSA) is 56.0 Å². The normalized spacial score (nSPS) is 11.1. The van der Waals surface area contributed by atoms with Gasteiger partial charge >= 0.3 is 0 Å². The molecule has 122 valence electrons. The Morgan fingerprint density at radius 3 is 2.67 bits per heavy atom. The van der Waals surface area contributed by atoms with Gasteiger partial charge in [0.15, 0.2) is 0 Å². The van der Waals surface area contributed by atoms with Crippen LogP contribution in [0.1, 0.15) is 11.1 Å². The molecule has 2 aromatic heterocycles. The number of amides is 1. The highest BCUT2D eigenvalue weighted by molar-refractivity contribution is 5.91. The first-order valence-electron chi connectivity index (χ1n) is 7.62. The predicted octanol–water partition coefficient (Wildman–Crippen LogP) is 2.28. The zero-order valence-corrected chi connectivity index (χ0v) is 13.7. The van der Waals surface area contributed by atoms with Gasteiger partial charge in [0.25, 0.3) is 0 Å². The molecule has 0 N–H and O–H groups in total. The second kappa shape index (κ2) is 6.95. The third-order valence-corrected chi connectivity index (χ3v) is 3.60. The van der Waals surface area contributed by atoms with Crippen LogP contribution in [0.5, 0.6) is 0 Å². The monoisotopic (exact) mass is 321 g/mol. The predicted molar refractivity (Wildman–Crippen MR) is 92.3 cm³/mol. The summed E-state index contributed by atoms with van der Waals surface area (Å²) in [5, 5.41) is 8.41. The number of nitrogens with zero attached hydrogens (tertiary/aromatic N) is 5. The van der Waals surface area contributed by atoms with E-state index in [2.05, 4.69) is 10.2 Å². The highest BCUT2D eigenvalue weighted by atomic mass is 16.2. The van der Waals surface area contributed by atoms with Crippen molar-refractivity contribution in [2.45, 2.75) is 6.54 Å².